The Hall–Kier alpha value is -1.09. The SMILES string of the molecule is O=C(/C=C\c1cccc(Br)c1)NC1CC1. The van der Waals surface area contributed by atoms with Crippen LogP contribution in [-0.4, -0.2) is 11.9 Å². The van der Waals surface area contributed by atoms with E-state index in [-0.39, 0.29) is 5.91 Å². The van der Waals surface area contributed by atoms with Crippen molar-refractivity contribution in [1.29, 1.82) is 0 Å². The number of rotatable bonds is 3. The molecule has 0 atom stereocenters. The number of nitrogens with one attached hydrogen (secondary N) is 1. The van der Waals surface area contributed by atoms with Gasteiger partial charge in [-0.3, -0.25) is 4.79 Å². The normalized spacial score (nSPS) is 15.5. The molecule has 1 aliphatic carbocycles. The van der Waals surface area contributed by atoms with E-state index in [9.17, 15) is 4.79 Å². The van der Waals surface area contributed by atoms with Crippen molar-refractivity contribution >= 4 is 27.9 Å². The van der Waals surface area contributed by atoms with Crippen LogP contribution in [-0.2, 0) is 4.79 Å². The highest BCUT2D eigenvalue weighted by Gasteiger charge is 2.21. The van der Waals surface area contributed by atoms with Crippen LogP contribution in [0.4, 0.5) is 0 Å². The van der Waals surface area contributed by atoms with Gasteiger partial charge in [0.25, 0.3) is 0 Å². The van der Waals surface area contributed by atoms with Gasteiger partial charge in [-0.05, 0) is 36.6 Å². The smallest absolute Gasteiger partial charge is 0.244 e. The van der Waals surface area contributed by atoms with Crippen molar-refractivity contribution in [2.45, 2.75) is 18.9 Å². The number of halogens is 1. The number of hydrogen-bond acceptors (Lipinski definition) is 1. The summed E-state index contributed by atoms with van der Waals surface area (Å²) in [5.41, 5.74) is 1.02. The van der Waals surface area contributed by atoms with Crippen molar-refractivity contribution in [3.8, 4) is 0 Å². The van der Waals surface area contributed by atoms with Crippen molar-refractivity contribution in [2.75, 3.05) is 0 Å². The molecule has 0 heterocycles. The van der Waals surface area contributed by atoms with Crippen molar-refractivity contribution in [3.63, 3.8) is 0 Å². The van der Waals surface area contributed by atoms with Crippen LogP contribution in [0.15, 0.2) is 34.8 Å². The van der Waals surface area contributed by atoms with Gasteiger partial charge >= 0.3 is 0 Å². The third kappa shape index (κ3) is 3.51. The second-order valence-corrected chi connectivity index (χ2v) is 4.59. The molecule has 0 unspecified atom stereocenters. The molecular formula is C12H12BrNO. The van der Waals surface area contributed by atoms with Crippen LogP contribution < -0.4 is 5.32 Å². The fourth-order valence-electron chi connectivity index (χ4n) is 1.26. The fraction of sp³-hybridized carbons (Fsp3) is 0.250. The summed E-state index contributed by atoms with van der Waals surface area (Å²) in [7, 11) is 0. The maximum absolute atomic E-state index is 11.3. The van der Waals surface area contributed by atoms with Crippen molar-refractivity contribution in [3.05, 3.63) is 40.4 Å². The minimum absolute atomic E-state index is 0.00234. The number of carbonyl (C=O) groups is 1. The molecule has 1 fully saturated rings. The first kappa shape index (κ1) is 10.4. The molecule has 1 aromatic carbocycles. The second kappa shape index (κ2) is 4.62. The van der Waals surface area contributed by atoms with Gasteiger partial charge in [0.1, 0.15) is 0 Å². The largest absolute Gasteiger partial charge is 0.350 e. The molecule has 0 bridgehead atoms. The summed E-state index contributed by atoms with van der Waals surface area (Å²) >= 11 is 3.39. The zero-order valence-electron chi connectivity index (χ0n) is 8.24. The molecular weight excluding hydrogens is 254 g/mol. The molecule has 3 heteroatoms. The standard InChI is InChI=1S/C12H12BrNO/c13-10-3-1-2-9(8-10)4-7-12(15)14-11-5-6-11/h1-4,7-8,11H,5-6H2,(H,14,15)/b7-4-. The van der Waals surface area contributed by atoms with E-state index in [2.05, 4.69) is 21.2 Å². The highest BCUT2D eigenvalue weighted by molar-refractivity contribution is 9.10. The first-order valence-corrected chi connectivity index (χ1v) is 5.77. The zero-order chi connectivity index (χ0) is 10.7. The van der Waals surface area contributed by atoms with Gasteiger partial charge in [0, 0.05) is 16.6 Å². The van der Waals surface area contributed by atoms with E-state index < -0.39 is 0 Å². The Morgan fingerprint density at radius 3 is 2.93 bits per heavy atom. The summed E-state index contributed by atoms with van der Waals surface area (Å²) < 4.78 is 1.02. The molecule has 1 saturated carbocycles. The van der Waals surface area contributed by atoms with E-state index in [1.807, 2.05) is 30.3 Å². The van der Waals surface area contributed by atoms with Crippen LogP contribution in [0.25, 0.3) is 6.08 Å². The Bertz CT molecular complexity index is 396. The van der Waals surface area contributed by atoms with Gasteiger partial charge in [-0.1, -0.05) is 28.1 Å². The molecule has 1 N–H and O–H groups in total. The minimum Gasteiger partial charge on any atom is -0.350 e. The van der Waals surface area contributed by atoms with Gasteiger partial charge in [0.2, 0.25) is 5.91 Å². The Morgan fingerprint density at radius 2 is 2.27 bits per heavy atom. The molecule has 0 radical (unpaired) electrons. The molecule has 0 saturated heterocycles. The molecule has 78 valence electrons. The van der Waals surface area contributed by atoms with Gasteiger partial charge in [0.15, 0.2) is 0 Å². The summed E-state index contributed by atoms with van der Waals surface area (Å²) in [5, 5.41) is 2.90. The Kier molecular flexibility index (Phi) is 3.21. The molecule has 0 spiro atoms. The molecule has 0 aromatic heterocycles. The number of hydrogen-bond donors (Lipinski definition) is 1. The third-order valence-corrected chi connectivity index (χ3v) is 2.69. The number of carbonyl (C=O) groups excluding carboxylic acids is 1. The lowest BCUT2D eigenvalue weighted by molar-refractivity contribution is -0.116. The van der Waals surface area contributed by atoms with Crippen molar-refractivity contribution in [2.24, 2.45) is 0 Å². The van der Waals surface area contributed by atoms with Gasteiger partial charge in [-0.15, -0.1) is 0 Å². The summed E-state index contributed by atoms with van der Waals surface area (Å²) in [6.45, 7) is 0. The summed E-state index contributed by atoms with van der Waals surface area (Å²) in [6, 6.07) is 8.26. The van der Waals surface area contributed by atoms with E-state index >= 15 is 0 Å². The topological polar surface area (TPSA) is 29.1 Å². The highest BCUT2D eigenvalue weighted by atomic mass is 79.9. The van der Waals surface area contributed by atoms with Crippen LogP contribution in [0, 0.1) is 0 Å². The highest BCUT2D eigenvalue weighted by Crippen LogP contribution is 2.18. The Labute approximate surface area is 97.5 Å². The van der Waals surface area contributed by atoms with Crippen LogP contribution >= 0.6 is 15.9 Å². The Morgan fingerprint density at radius 1 is 1.47 bits per heavy atom. The van der Waals surface area contributed by atoms with Crippen LogP contribution in [0.2, 0.25) is 0 Å². The van der Waals surface area contributed by atoms with E-state index in [0.717, 1.165) is 22.9 Å². The van der Waals surface area contributed by atoms with Crippen molar-refractivity contribution < 1.29 is 4.79 Å². The minimum atomic E-state index is -0.00234. The average Bonchev–Trinajstić information content (AvgIpc) is 2.99. The fourth-order valence-corrected chi connectivity index (χ4v) is 1.68. The van der Waals surface area contributed by atoms with Crippen LogP contribution in [0.5, 0.6) is 0 Å². The molecule has 0 aliphatic heterocycles. The molecule has 15 heavy (non-hydrogen) atoms. The third-order valence-electron chi connectivity index (χ3n) is 2.20. The zero-order valence-corrected chi connectivity index (χ0v) is 9.83. The average molecular weight is 266 g/mol. The molecule has 1 aromatic rings. The van der Waals surface area contributed by atoms with Gasteiger partial charge in [0.05, 0.1) is 0 Å². The number of benzene rings is 1. The lowest BCUT2D eigenvalue weighted by atomic mass is 10.2. The quantitative estimate of drug-likeness (QED) is 0.837. The van der Waals surface area contributed by atoms with Gasteiger partial charge in [-0.25, -0.2) is 0 Å². The maximum atomic E-state index is 11.3. The van der Waals surface area contributed by atoms with E-state index in [1.54, 1.807) is 6.08 Å². The molecule has 1 amide bonds. The summed E-state index contributed by atoms with van der Waals surface area (Å²) in [5.74, 6) is -0.00234. The lowest BCUT2D eigenvalue weighted by Gasteiger charge is -1.97. The molecule has 1 aliphatic rings. The van der Waals surface area contributed by atoms with Gasteiger partial charge in [-0.2, -0.15) is 0 Å². The van der Waals surface area contributed by atoms with E-state index in [1.165, 1.54) is 0 Å². The maximum Gasteiger partial charge on any atom is 0.244 e. The predicted molar refractivity (Wildman–Crippen MR) is 64.3 cm³/mol. The predicted octanol–water partition coefficient (Wildman–Crippen LogP) is 2.74. The second-order valence-electron chi connectivity index (χ2n) is 3.67. The molecule has 2 rings (SSSR count). The van der Waals surface area contributed by atoms with E-state index in [4.69, 9.17) is 0 Å². The lowest BCUT2D eigenvalue weighted by Crippen LogP contribution is -2.22. The first-order valence-electron chi connectivity index (χ1n) is 4.98. The van der Waals surface area contributed by atoms with Gasteiger partial charge < -0.3 is 5.32 Å². The molecule has 2 nitrogen and oxygen atoms in total. The van der Waals surface area contributed by atoms with E-state index in [0.29, 0.717) is 6.04 Å². The van der Waals surface area contributed by atoms with Crippen molar-refractivity contribution in [1.82, 2.24) is 5.32 Å². The first-order chi connectivity index (χ1) is 7.24. The summed E-state index contributed by atoms with van der Waals surface area (Å²) in [6.07, 6.45) is 5.65. The summed E-state index contributed by atoms with van der Waals surface area (Å²) in [4.78, 5) is 11.3. The van der Waals surface area contributed by atoms with Crippen LogP contribution in [0.1, 0.15) is 18.4 Å². The van der Waals surface area contributed by atoms with Crippen LogP contribution in [0.3, 0.4) is 0 Å². The Balaban J connectivity index is 1.94. The number of amides is 1. The monoisotopic (exact) mass is 265 g/mol.